The molecule has 144 valence electrons. The molecule has 1 N–H and O–H groups in total. The van der Waals surface area contributed by atoms with E-state index in [9.17, 15) is 10.1 Å². The first kappa shape index (κ1) is 18.6. The van der Waals surface area contributed by atoms with E-state index < -0.39 is 0 Å². The van der Waals surface area contributed by atoms with Crippen molar-refractivity contribution >= 4 is 5.65 Å². The van der Waals surface area contributed by atoms with Crippen molar-refractivity contribution in [2.45, 2.75) is 33.1 Å². The Hall–Kier alpha value is -3.72. The second-order valence-electron chi connectivity index (χ2n) is 7.05. The summed E-state index contributed by atoms with van der Waals surface area (Å²) >= 11 is 0. The fourth-order valence-electron chi connectivity index (χ4n) is 3.70. The standard InChI is InChI=1S/C23H21N5O/c1-3-6-21-20(22-26-27-23(29)28(22)15(2)25-21)13-16-9-11-17(12-10-16)19-8-5-4-7-18(19)14-24/h4-5,7-12H,3,6,13H2,1-2H3,(H,27,29). The third-order valence-electron chi connectivity index (χ3n) is 5.09. The van der Waals surface area contributed by atoms with E-state index >= 15 is 0 Å². The summed E-state index contributed by atoms with van der Waals surface area (Å²) in [6.07, 6.45) is 2.44. The normalized spacial score (nSPS) is 10.9. The lowest BCUT2D eigenvalue weighted by molar-refractivity contribution is 0.819. The van der Waals surface area contributed by atoms with Gasteiger partial charge in [0.1, 0.15) is 5.82 Å². The van der Waals surface area contributed by atoms with Crippen molar-refractivity contribution in [3.05, 3.63) is 87.2 Å². The summed E-state index contributed by atoms with van der Waals surface area (Å²) in [6, 6.07) is 18.0. The van der Waals surface area contributed by atoms with Gasteiger partial charge in [-0.05, 0) is 36.1 Å². The zero-order valence-corrected chi connectivity index (χ0v) is 16.4. The van der Waals surface area contributed by atoms with E-state index in [1.165, 1.54) is 4.40 Å². The molecule has 4 rings (SSSR count). The molecule has 0 aliphatic rings. The maximum Gasteiger partial charge on any atom is 0.349 e. The number of fused-ring (bicyclic) bond motifs is 1. The molecule has 4 aromatic rings. The Labute approximate surface area is 168 Å². The van der Waals surface area contributed by atoms with Crippen molar-refractivity contribution in [3.8, 4) is 17.2 Å². The molecule has 0 unspecified atom stereocenters. The van der Waals surface area contributed by atoms with Gasteiger partial charge in [0.2, 0.25) is 0 Å². The van der Waals surface area contributed by atoms with Gasteiger partial charge in [-0.2, -0.15) is 10.4 Å². The number of nitriles is 1. The number of hydrogen-bond acceptors (Lipinski definition) is 4. The molecular weight excluding hydrogens is 362 g/mol. The summed E-state index contributed by atoms with van der Waals surface area (Å²) in [5, 5.41) is 16.1. The molecule has 0 saturated heterocycles. The predicted molar refractivity (Wildman–Crippen MR) is 112 cm³/mol. The number of nitrogens with one attached hydrogen (secondary N) is 1. The minimum Gasteiger partial charge on any atom is -0.246 e. The molecule has 0 aliphatic carbocycles. The number of aromatic amines is 1. The highest BCUT2D eigenvalue weighted by Crippen LogP contribution is 2.25. The van der Waals surface area contributed by atoms with Gasteiger partial charge in [-0.25, -0.2) is 19.3 Å². The number of nitrogens with zero attached hydrogens (tertiary/aromatic N) is 4. The van der Waals surface area contributed by atoms with Crippen molar-refractivity contribution in [1.29, 1.82) is 5.26 Å². The summed E-state index contributed by atoms with van der Waals surface area (Å²) in [4.78, 5) is 16.8. The van der Waals surface area contributed by atoms with Crippen LogP contribution in [0.5, 0.6) is 0 Å². The van der Waals surface area contributed by atoms with Crippen LogP contribution in [0.2, 0.25) is 0 Å². The molecule has 29 heavy (non-hydrogen) atoms. The van der Waals surface area contributed by atoms with Crippen LogP contribution in [-0.4, -0.2) is 19.6 Å². The van der Waals surface area contributed by atoms with E-state index in [1.54, 1.807) is 0 Å². The van der Waals surface area contributed by atoms with Gasteiger partial charge in [0.05, 0.1) is 11.6 Å². The van der Waals surface area contributed by atoms with E-state index in [-0.39, 0.29) is 5.69 Å². The molecule has 2 heterocycles. The van der Waals surface area contributed by atoms with Crippen LogP contribution < -0.4 is 5.69 Å². The number of aromatic nitrogens is 4. The maximum atomic E-state index is 12.1. The van der Waals surface area contributed by atoms with E-state index in [0.717, 1.165) is 40.8 Å². The van der Waals surface area contributed by atoms with Crippen LogP contribution >= 0.6 is 0 Å². The van der Waals surface area contributed by atoms with Gasteiger partial charge in [-0.15, -0.1) is 0 Å². The number of aryl methyl sites for hydroxylation is 2. The molecule has 6 heteroatoms. The predicted octanol–water partition coefficient (Wildman–Crippen LogP) is 3.81. The minimum atomic E-state index is -0.266. The lowest BCUT2D eigenvalue weighted by atomic mass is 9.97. The second kappa shape index (κ2) is 7.72. The molecule has 2 aromatic carbocycles. The average molecular weight is 383 g/mol. The van der Waals surface area contributed by atoms with Gasteiger partial charge < -0.3 is 0 Å². The summed E-state index contributed by atoms with van der Waals surface area (Å²) < 4.78 is 1.53. The quantitative estimate of drug-likeness (QED) is 0.568. The number of hydrogen-bond donors (Lipinski definition) is 1. The zero-order chi connectivity index (χ0) is 20.4. The Kier molecular flexibility index (Phi) is 4.96. The molecule has 0 bridgehead atoms. The van der Waals surface area contributed by atoms with Crippen molar-refractivity contribution in [2.75, 3.05) is 0 Å². The van der Waals surface area contributed by atoms with Crippen molar-refractivity contribution in [1.82, 2.24) is 19.6 Å². The Morgan fingerprint density at radius 1 is 1.14 bits per heavy atom. The lowest BCUT2D eigenvalue weighted by Crippen LogP contribution is -2.16. The van der Waals surface area contributed by atoms with Crippen LogP contribution in [0.15, 0.2) is 53.3 Å². The van der Waals surface area contributed by atoms with Gasteiger partial charge in [0.15, 0.2) is 5.65 Å². The van der Waals surface area contributed by atoms with Crippen LogP contribution in [0.3, 0.4) is 0 Å². The third-order valence-corrected chi connectivity index (χ3v) is 5.09. The zero-order valence-electron chi connectivity index (χ0n) is 16.4. The van der Waals surface area contributed by atoms with Crippen LogP contribution in [0.25, 0.3) is 16.8 Å². The van der Waals surface area contributed by atoms with Gasteiger partial charge in [0.25, 0.3) is 0 Å². The highest BCUT2D eigenvalue weighted by molar-refractivity contribution is 5.70. The van der Waals surface area contributed by atoms with Crippen molar-refractivity contribution in [2.24, 2.45) is 0 Å². The first-order chi connectivity index (χ1) is 14.1. The van der Waals surface area contributed by atoms with Gasteiger partial charge in [-0.1, -0.05) is 55.8 Å². The van der Waals surface area contributed by atoms with E-state index in [0.29, 0.717) is 23.5 Å². The first-order valence-electron chi connectivity index (χ1n) is 9.66. The van der Waals surface area contributed by atoms with E-state index in [4.69, 9.17) is 0 Å². The SMILES string of the molecule is CCCc1nc(C)n2c(=O)[nH]nc2c1Cc1ccc(-c2ccccc2C#N)cc1. The molecule has 2 aromatic heterocycles. The Balaban J connectivity index is 1.74. The van der Waals surface area contributed by atoms with E-state index in [2.05, 4.69) is 40.3 Å². The molecule has 6 nitrogen and oxygen atoms in total. The Morgan fingerprint density at radius 2 is 1.90 bits per heavy atom. The summed E-state index contributed by atoms with van der Waals surface area (Å²) in [5.74, 6) is 0.648. The number of benzene rings is 2. The third kappa shape index (κ3) is 3.43. The van der Waals surface area contributed by atoms with Crippen molar-refractivity contribution < 1.29 is 0 Å². The summed E-state index contributed by atoms with van der Waals surface area (Å²) in [7, 11) is 0. The fourth-order valence-corrected chi connectivity index (χ4v) is 3.70. The van der Waals surface area contributed by atoms with Gasteiger partial charge in [-0.3, -0.25) is 0 Å². The monoisotopic (exact) mass is 383 g/mol. The first-order valence-corrected chi connectivity index (χ1v) is 9.66. The van der Waals surface area contributed by atoms with E-state index in [1.807, 2.05) is 43.3 Å². The largest absolute Gasteiger partial charge is 0.349 e. The van der Waals surface area contributed by atoms with Crippen LogP contribution in [0.4, 0.5) is 0 Å². The highest BCUT2D eigenvalue weighted by Gasteiger charge is 2.16. The second-order valence-corrected chi connectivity index (χ2v) is 7.05. The summed E-state index contributed by atoms with van der Waals surface area (Å²) in [5.41, 5.74) is 6.02. The molecule has 0 aliphatic heterocycles. The van der Waals surface area contributed by atoms with Crippen molar-refractivity contribution in [3.63, 3.8) is 0 Å². The van der Waals surface area contributed by atoms with Crippen LogP contribution in [0, 0.1) is 18.3 Å². The Morgan fingerprint density at radius 3 is 2.62 bits per heavy atom. The molecule has 0 amide bonds. The average Bonchev–Trinajstić information content (AvgIpc) is 3.13. The fraction of sp³-hybridized carbons (Fsp3) is 0.217. The smallest absolute Gasteiger partial charge is 0.246 e. The molecule has 0 fully saturated rings. The Bertz CT molecular complexity index is 1280. The number of rotatable bonds is 5. The topological polar surface area (TPSA) is 86.8 Å². The highest BCUT2D eigenvalue weighted by atomic mass is 16.1. The van der Waals surface area contributed by atoms with Gasteiger partial charge >= 0.3 is 5.69 Å². The molecular formula is C23H21N5O. The minimum absolute atomic E-state index is 0.266. The molecule has 0 radical (unpaired) electrons. The van der Waals surface area contributed by atoms with Gasteiger partial charge in [0, 0.05) is 17.7 Å². The molecule has 0 atom stereocenters. The summed E-state index contributed by atoms with van der Waals surface area (Å²) in [6.45, 7) is 3.94. The molecule has 0 spiro atoms. The lowest BCUT2D eigenvalue weighted by Gasteiger charge is -2.12. The van der Waals surface area contributed by atoms with Crippen LogP contribution in [-0.2, 0) is 12.8 Å². The maximum absolute atomic E-state index is 12.1. The van der Waals surface area contributed by atoms with Crippen LogP contribution in [0.1, 0.15) is 41.6 Å². The molecule has 0 saturated carbocycles. The number of H-pyrrole nitrogens is 1.